The molecule has 0 fully saturated rings. The van der Waals surface area contributed by atoms with Crippen LogP contribution in [0.4, 0.5) is 0 Å². The maximum absolute atomic E-state index is 12.6. The number of fused-ring (bicyclic) bond motifs is 1. The van der Waals surface area contributed by atoms with Crippen molar-refractivity contribution in [3.05, 3.63) is 58.1 Å². The molecule has 29 heavy (non-hydrogen) atoms. The highest BCUT2D eigenvalue weighted by atomic mass is 16.5. The molecule has 7 nitrogen and oxygen atoms in total. The molecule has 0 amide bonds. The third-order valence-electron chi connectivity index (χ3n) is 4.75. The molecule has 3 aromatic rings. The van der Waals surface area contributed by atoms with Crippen LogP contribution in [0.5, 0.6) is 17.2 Å². The Morgan fingerprint density at radius 2 is 1.72 bits per heavy atom. The van der Waals surface area contributed by atoms with Crippen LogP contribution in [0.15, 0.2) is 41.2 Å². The summed E-state index contributed by atoms with van der Waals surface area (Å²) in [7, 11) is 3.10. The van der Waals surface area contributed by atoms with E-state index in [1.54, 1.807) is 26.4 Å². The highest BCUT2D eigenvalue weighted by Gasteiger charge is 2.14. The molecule has 0 aliphatic heterocycles. The fourth-order valence-electron chi connectivity index (χ4n) is 3.25. The van der Waals surface area contributed by atoms with Crippen LogP contribution in [0.2, 0.25) is 0 Å². The monoisotopic (exact) mass is 397 g/mol. The van der Waals surface area contributed by atoms with Crippen molar-refractivity contribution in [1.82, 2.24) is 14.9 Å². The summed E-state index contributed by atoms with van der Waals surface area (Å²) in [5.41, 5.74) is 1.48. The first kappa shape index (κ1) is 20.7. The maximum Gasteiger partial charge on any atom is 0.258 e. The molecule has 0 atom stereocenters. The third kappa shape index (κ3) is 4.68. The van der Waals surface area contributed by atoms with Gasteiger partial charge in [-0.2, -0.15) is 0 Å². The van der Waals surface area contributed by atoms with Gasteiger partial charge in [0.15, 0.2) is 11.5 Å². The molecule has 0 aliphatic carbocycles. The number of H-pyrrole nitrogens is 1. The fraction of sp³-hybridized carbons (Fsp3) is 0.364. The van der Waals surface area contributed by atoms with E-state index in [1.807, 2.05) is 25.1 Å². The number of para-hydroxylation sites is 1. The maximum atomic E-state index is 12.6. The summed E-state index contributed by atoms with van der Waals surface area (Å²) >= 11 is 0. The summed E-state index contributed by atoms with van der Waals surface area (Å²) in [6.45, 7) is 6.68. The van der Waals surface area contributed by atoms with Gasteiger partial charge in [0.1, 0.15) is 11.6 Å². The van der Waals surface area contributed by atoms with Crippen LogP contribution < -0.4 is 19.8 Å². The summed E-state index contributed by atoms with van der Waals surface area (Å²) in [5.74, 6) is 2.53. The predicted molar refractivity (Wildman–Crippen MR) is 113 cm³/mol. The van der Waals surface area contributed by atoms with Gasteiger partial charge in [0.25, 0.3) is 5.56 Å². The molecule has 154 valence electrons. The van der Waals surface area contributed by atoms with Crippen molar-refractivity contribution >= 4 is 10.9 Å². The van der Waals surface area contributed by atoms with E-state index in [0.717, 1.165) is 17.9 Å². The van der Waals surface area contributed by atoms with E-state index >= 15 is 0 Å². The van der Waals surface area contributed by atoms with Crippen molar-refractivity contribution in [3.63, 3.8) is 0 Å². The van der Waals surface area contributed by atoms with Gasteiger partial charge in [-0.05, 0) is 25.6 Å². The molecule has 0 aliphatic rings. The zero-order valence-corrected chi connectivity index (χ0v) is 17.3. The van der Waals surface area contributed by atoms with Gasteiger partial charge >= 0.3 is 0 Å². The zero-order valence-electron chi connectivity index (χ0n) is 17.3. The van der Waals surface area contributed by atoms with E-state index in [0.29, 0.717) is 47.9 Å². The Kier molecular flexibility index (Phi) is 6.72. The molecule has 0 saturated carbocycles. The van der Waals surface area contributed by atoms with E-state index in [1.165, 1.54) is 0 Å². The van der Waals surface area contributed by atoms with Gasteiger partial charge in [0.2, 0.25) is 0 Å². The molecule has 1 heterocycles. The van der Waals surface area contributed by atoms with Gasteiger partial charge < -0.3 is 19.2 Å². The lowest BCUT2D eigenvalue weighted by Crippen LogP contribution is -2.25. The number of nitrogens with zero attached hydrogens (tertiary/aromatic N) is 2. The number of hydrogen-bond donors (Lipinski definition) is 1. The van der Waals surface area contributed by atoms with Crippen LogP contribution in [-0.4, -0.2) is 42.2 Å². The highest BCUT2D eigenvalue weighted by molar-refractivity contribution is 5.81. The molecule has 1 aromatic heterocycles. The zero-order chi connectivity index (χ0) is 20.8. The minimum absolute atomic E-state index is 0.197. The number of methoxy groups -OCH3 is 2. The molecule has 0 radical (unpaired) electrons. The first-order valence-electron chi connectivity index (χ1n) is 9.67. The average molecular weight is 397 g/mol. The summed E-state index contributed by atoms with van der Waals surface area (Å²) in [6.07, 6.45) is 0. The van der Waals surface area contributed by atoms with Crippen LogP contribution in [-0.2, 0) is 13.1 Å². The number of hydrogen-bond acceptors (Lipinski definition) is 6. The molecule has 0 saturated heterocycles. The van der Waals surface area contributed by atoms with Gasteiger partial charge in [-0.15, -0.1) is 0 Å². The minimum Gasteiger partial charge on any atom is -0.494 e. The summed E-state index contributed by atoms with van der Waals surface area (Å²) in [4.78, 5) is 22.3. The molecule has 0 unspecified atom stereocenters. The third-order valence-corrected chi connectivity index (χ3v) is 4.75. The lowest BCUT2D eigenvalue weighted by molar-refractivity contribution is 0.256. The molecule has 1 N–H and O–H groups in total. The first-order chi connectivity index (χ1) is 14.1. The number of ether oxygens (including phenoxy) is 3. The van der Waals surface area contributed by atoms with Crippen LogP contribution in [0, 0.1) is 0 Å². The van der Waals surface area contributed by atoms with Crippen molar-refractivity contribution in [3.8, 4) is 17.2 Å². The highest BCUT2D eigenvalue weighted by Crippen LogP contribution is 2.30. The van der Waals surface area contributed by atoms with Gasteiger partial charge in [-0.3, -0.25) is 9.69 Å². The normalized spacial score (nSPS) is 11.1. The van der Waals surface area contributed by atoms with E-state index in [-0.39, 0.29) is 5.56 Å². The van der Waals surface area contributed by atoms with Crippen LogP contribution in [0.25, 0.3) is 10.9 Å². The largest absolute Gasteiger partial charge is 0.494 e. The van der Waals surface area contributed by atoms with Crippen LogP contribution >= 0.6 is 0 Å². The van der Waals surface area contributed by atoms with Crippen molar-refractivity contribution < 1.29 is 14.2 Å². The van der Waals surface area contributed by atoms with Gasteiger partial charge in [-0.1, -0.05) is 25.1 Å². The molecule has 2 aromatic carbocycles. The predicted octanol–water partition coefficient (Wildman–Crippen LogP) is 3.36. The van der Waals surface area contributed by atoms with E-state index in [4.69, 9.17) is 14.2 Å². The fourth-order valence-corrected chi connectivity index (χ4v) is 3.25. The lowest BCUT2D eigenvalue weighted by atomic mass is 10.2. The Morgan fingerprint density at radius 3 is 2.41 bits per heavy atom. The quantitative estimate of drug-likeness (QED) is 0.597. The Labute approximate surface area is 170 Å². The Balaban J connectivity index is 1.89. The minimum atomic E-state index is -0.197. The van der Waals surface area contributed by atoms with E-state index < -0.39 is 0 Å². The number of aromatic nitrogens is 2. The van der Waals surface area contributed by atoms with Crippen molar-refractivity contribution in [2.75, 3.05) is 27.4 Å². The smallest absolute Gasteiger partial charge is 0.258 e. The summed E-state index contributed by atoms with van der Waals surface area (Å²) in [5, 5.41) is 0.469. The molecular formula is C22H27N3O4. The molecule has 7 heteroatoms. The van der Waals surface area contributed by atoms with Crippen molar-refractivity contribution in [2.24, 2.45) is 0 Å². The van der Waals surface area contributed by atoms with Gasteiger partial charge in [0, 0.05) is 18.2 Å². The molecule has 0 spiro atoms. The Bertz CT molecular complexity index is 1030. The van der Waals surface area contributed by atoms with E-state index in [2.05, 4.69) is 27.9 Å². The van der Waals surface area contributed by atoms with Crippen LogP contribution in [0.1, 0.15) is 25.2 Å². The van der Waals surface area contributed by atoms with Gasteiger partial charge in [-0.25, -0.2) is 4.98 Å². The molecule has 0 bridgehead atoms. The standard InChI is InChI=1S/C22H27N3O4/c1-5-25(13-15-9-7-8-10-18(15)29-6-2)14-21-23-17-12-20(28-4)19(27-3)11-16(17)22(26)24-21/h7-12H,5-6,13-14H2,1-4H3,(H,23,24,26). The molecule has 3 rings (SSSR count). The number of rotatable bonds is 9. The first-order valence-corrected chi connectivity index (χ1v) is 9.67. The summed E-state index contributed by atoms with van der Waals surface area (Å²) in [6, 6.07) is 11.4. The van der Waals surface area contributed by atoms with Crippen molar-refractivity contribution in [1.29, 1.82) is 0 Å². The van der Waals surface area contributed by atoms with Gasteiger partial charge in [0.05, 0.1) is 38.3 Å². The number of benzene rings is 2. The SMILES string of the molecule is CCOc1ccccc1CN(CC)Cc1nc2cc(OC)c(OC)cc2c(=O)[nH]1. The van der Waals surface area contributed by atoms with Crippen molar-refractivity contribution in [2.45, 2.75) is 26.9 Å². The Hall–Kier alpha value is -3.06. The lowest BCUT2D eigenvalue weighted by Gasteiger charge is -2.21. The molecular weight excluding hydrogens is 370 g/mol. The average Bonchev–Trinajstić information content (AvgIpc) is 2.73. The number of nitrogens with one attached hydrogen (secondary N) is 1. The van der Waals surface area contributed by atoms with Crippen LogP contribution in [0.3, 0.4) is 0 Å². The number of aromatic amines is 1. The topological polar surface area (TPSA) is 76.7 Å². The second-order valence-electron chi connectivity index (χ2n) is 6.58. The Morgan fingerprint density at radius 1 is 1.00 bits per heavy atom. The summed E-state index contributed by atoms with van der Waals surface area (Å²) < 4.78 is 16.4. The van der Waals surface area contributed by atoms with E-state index in [9.17, 15) is 4.79 Å². The second-order valence-corrected chi connectivity index (χ2v) is 6.58. The second kappa shape index (κ2) is 9.43.